The predicted octanol–water partition coefficient (Wildman–Crippen LogP) is 2.83. The lowest BCUT2D eigenvalue weighted by atomic mass is 10.0. The van der Waals surface area contributed by atoms with E-state index in [1.165, 1.54) is 0 Å². The summed E-state index contributed by atoms with van der Waals surface area (Å²) in [6.07, 6.45) is -0.751. The van der Waals surface area contributed by atoms with Crippen molar-refractivity contribution >= 4 is 17.9 Å². The van der Waals surface area contributed by atoms with Gasteiger partial charge in [0.1, 0.15) is 24.7 Å². The Balaban J connectivity index is 3.15. The van der Waals surface area contributed by atoms with Crippen LogP contribution in [0.5, 0.6) is 0 Å². The molecule has 1 aromatic rings. The number of amides is 3. The largest absolute Gasteiger partial charge is 0.444 e. The minimum atomic E-state index is -1.02. The van der Waals surface area contributed by atoms with Crippen LogP contribution in [0.1, 0.15) is 58.7 Å². The van der Waals surface area contributed by atoms with Crippen LogP contribution in [0.25, 0.3) is 0 Å². The molecule has 8 heteroatoms. The predicted molar refractivity (Wildman–Crippen MR) is 113 cm³/mol. The molecule has 1 atom stereocenters. The van der Waals surface area contributed by atoms with Crippen molar-refractivity contribution in [1.29, 1.82) is 5.26 Å². The number of carbonyl (C=O) groups is 3. The summed E-state index contributed by atoms with van der Waals surface area (Å²) in [5.41, 5.74) is 0.328. The Labute approximate surface area is 178 Å². The van der Waals surface area contributed by atoms with E-state index in [0.29, 0.717) is 5.56 Å². The number of aryl methyl sites for hydroxylation is 1. The van der Waals surface area contributed by atoms with Crippen molar-refractivity contribution in [2.45, 2.75) is 65.6 Å². The molecule has 0 aliphatic rings. The smallest absolute Gasteiger partial charge is 0.408 e. The van der Waals surface area contributed by atoms with Crippen LogP contribution in [0.4, 0.5) is 4.79 Å². The molecule has 0 fully saturated rings. The monoisotopic (exact) mass is 416 g/mol. The molecule has 30 heavy (non-hydrogen) atoms. The minimum Gasteiger partial charge on any atom is -0.444 e. The number of benzene rings is 1. The molecule has 0 spiro atoms. The van der Waals surface area contributed by atoms with E-state index in [2.05, 4.69) is 10.6 Å². The summed E-state index contributed by atoms with van der Waals surface area (Å²) in [6.45, 7) is 11.8. The van der Waals surface area contributed by atoms with Gasteiger partial charge in [0, 0.05) is 5.54 Å². The highest BCUT2D eigenvalue weighted by molar-refractivity contribution is 5.90. The summed E-state index contributed by atoms with van der Waals surface area (Å²) in [5, 5.41) is 14.5. The van der Waals surface area contributed by atoms with Gasteiger partial charge >= 0.3 is 6.09 Å². The zero-order valence-corrected chi connectivity index (χ0v) is 18.8. The van der Waals surface area contributed by atoms with Gasteiger partial charge in [-0.3, -0.25) is 9.59 Å². The second-order valence-electron chi connectivity index (χ2n) is 9.09. The zero-order chi connectivity index (χ0) is 23.1. The molecular formula is C22H32N4O4. The number of nitriles is 1. The Morgan fingerprint density at radius 1 is 1.10 bits per heavy atom. The van der Waals surface area contributed by atoms with Gasteiger partial charge in [-0.2, -0.15) is 5.26 Å². The molecule has 0 saturated heterocycles. The fourth-order valence-electron chi connectivity index (χ4n) is 2.62. The SMILES string of the molecule is Cc1ccc(C(C(=O)NC(C)(C)C)N(CC#N)C(=O)CNC(=O)OC(C)(C)C)cc1. The van der Waals surface area contributed by atoms with E-state index in [1.807, 2.05) is 45.9 Å². The van der Waals surface area contributed by atoms with Gasteiger partial charge < -0.3 is 20.3 Å². The number of hydrogen-bond acceptors (Lipinski definition) is 5. The topological polar surface area (TPSA) is 112 Å². The van der Waals surface area contributed by atoms with Gasteiger partial charge in [0.25, 0.3) is 0 Å². The molecule has 1 rings (SSSR count). The summed E-state index contributed by atoms with van der Waals surface area (Å²) in [4.78, 5) is 39.0. The Morgan fingerprint density at radius 2 is 1.67 bits per heavy atom. The van der Waals surface area contributed by atoms with Gasteiger partial charge in [0.2, 0.25) is 11.8 Å². The van der Waals surface area contributed by atoms with Gasteiger partial charge in [-0.05, 0) is 54.0 Å². The number of alkyl carbamates (subject to hydrolysis) is 1. The molecule has 0 heterocycles. The van der Waals surface area contributed by atoms with Crippen LogP contribution >= 0.6 is 0 Å². The zero-order valence-electron chi connectivity index (χ0n) is 18.8. The lowest BCUT2D eigenvalue weighted by Crippen LogP contribution is -2.51. The Hall–Kier alpha value is -3.08. The van der Waals surface area contributed by atoms with Crippen molar-refractivity contribution in [3.05, 3.63) is 35.4 Å². The Morgan fingerprint density at radius 3 is 2.13 bits per heavy atom. The highest BCUT2D eigenvalue weighted by Gasteiger charge is 2.33. The number of rotatable bonds is 6. The first-order valence-corrected chi connectivity index (χ1v) is 9.75. The van der Waals surface area contributed by atoms with Crippen molar-refractivity contribution in [3.63, 3.8) is 0 Å². The number of ether oxygens (including phenoxy) is 1. The van der Waals surface area contributed by atoms with Crippen LogP contribution in [-0.4, -0.2) is 47.0 Å². The molecular weight excluding hydrogens is 384 g/mol. The first-order valence-electron chi connectivity index (χ1n) is 9.75. The molecule has 1 aromatic carbocycles. The van der Waals surface area contributed by atoms with Crippen LogP contribution in [0.2, 0.25) is 0 Å². The third-order valence-electron chi connectivity index (χ3n) is 3.80. The third kappa shape index (κ3) is 8.52. The molecule has 3 amide bonds. The third-order valence-corrected chi connectivity index (χ3v) is 3.80. The normalized spacial score (nSPS) is 12.3. The lowest BCUT2D eigenvalue weighted by molar-refractivity contribution is -0.140. The standard InChI is InChI=1S/C22H32N4O4/c1-15-8-10-16(11-9-15)18(19(28)25-21(2,3)4)26(13-12-23)17(27)14-24-20(29)30-22(5,6)7/h8-11,18H,13-14H2,1-7H3,(H,24,29)(H,25,28). The van der Waals surface area contributed by atoms with Gasteiger partial charge in [-0.1, -0.05) is 29.8 Å². The molecule has 2 N–H and O–H groups in total. The molecule has 1 unspecified atom stereocenters. The van der Waals surface area contributed by atoms with Crippen molar-refractivity contribution in [3.8, 4) is 6.07 Å². The maximum absolute atomic E-state index is 13.1. The van der Waals surface area contributed by atoms with Crippen LogP contribution in [-0.2, 0) is 14.3 Å². The van der Waals surface area contributed by atoms with Crippen LogP contribution < -0.4 is 10.6 Å². The molecule has 0 bridgehead atoms. The van der Waals surface area contributed by atoms with E-state index in [1.54, 1.807) is 32.9 Å². The minimum absolute atomic E-state index is 0.315. The van der Waals surface area contributed by atoms with E-state index >= 15 is 0 Å². The van der Waals surface area contributed by atoms with Crippen molar-refractivity contribution in [2.75, 3.05) is 13.1 Å². The van der Waals surface area contributed by atoms with Crippen molar-refractivity contribution < 1.29 is 19.1 Å². The Kier molecular flexibility index (Phi) is 8.40. The average molecular weight is 417 g/mol. The molecule has 0 aromatic heterocycles. The van der Waals surface area contributed by atoms with Gasteiger partial charge in [-0.15, -0.1) is 0 Å². The highest BCUT2D eigenvalue weighted by Crippen LogP contribution is 2.23. The summed E-state index contributed by atoms with van der Waals surface area (Å²) in [6, 6.07) is 8.09. The molecule has 0 aliphatic carbocycles. The molecule has 0 radical (unpaired) electrons. The maximum atomic E-state index is 13.1. The highest BCUT2D eigenvalue weighted by atomic mass is 16.6. The first-order chi connectivity index (χ1) is 13.7. The van der Waals surface area contributed by atoms with Gasteiger partial charge in [0.15, 0.2) is 0 Å². The summed E-state index contributed by atoms with van der Waals surface area (Å²) in [7, 11) is 0. The van der Waals surface area contributed by atoms with E-state index in [0.717, 1.165) is 10.5 Å². The number of hydrogen-bond donors (Lipinski definition) is 2. The number of carbonyl (C=O) groups excluding carboxylic acids is 3. The average Bonchev–Trinajstić information content (AvgIpc) is 2.57. The fourth-order valence-corrected chi connectivity index (χ4v) is 2.62. The first kappa shape index (κ1) is 25.0. The second kappa shape index (κ2) is 10.1. The molecule has 8 nitrogen and oxygen atoms in total. The fraction of sp³-hybridized carbons (Fsp3) is 0.545. The quantitative estimate of drug-likeness (QED) is 0.693. The van der Waals surface area contributed by atoms with E-state index in [4.69, 9.17) is 4.74 Å². The molecule has 164 valence electrons. The summed E-state index contributed by atoms with van der Waals surface area (Å²) >= 11 is 0. The van der Waals surface area contributed by atoms with E-state index < -0.39 is 41.6 Å². The number of nitrogens with zero attached hydrogens (tertiary/aromatic N) is 2. The lowest BCUT2D eigenvalue weighted by Gasteiger charge is -2.32. The summed E-state index contributed by atoms with van der Waals surface area (Å²) < 4.78 is 5.13. The van der Waals surface area contributed by atoms with Crippen LogP contribution in [0, 0.1) is 18.3 Å². The molecule has 0 saturated carbocycles. The van der Waals surface area contributed by atoms with E-state index in [-0.39, 0.29) is 6.54 Å². The van der Waals surface area contributed by atoms with Gasteiger partial charge in [-0.25, -0.2) is 4.79 Å². The summed E-state index contributed by atoms with van der Waals surface area (Å²) in [5.74, 6) is -0.982. The van der Waals surface area contributed by atoms with Gasteiger partial charge in [0.05, 0.1) is 6.07 Å². The number of nitrogens with one attached hydrogen (secondary N) is 2. The van der Waals surface area contributed by atoms with Crippen molar-refractivity contribution in [2.24, 2.45) is 0 Å². The van der Waals surface area contributed by atoms with Crippen LogP contribution in [0.3, 0.4) is 0 Å². The van der Waals surface area contributed by atoms with Crippen molar-refractivity contribution in [1.82, 2.24) is 15.5 Å². The molecule has 0 aliphatic heterocycles. The Bertz CT molecular complexity index is 798. The van der Waals surface area contributed by atoms with E-state index in [9.17, 15) is 19.6 Å². The maximum Gasteiger partial charge on any atom is 0.408 e. The second-order valence-corrected chi connectivity index (χ2v) is 9.09. The van der Waals surface area contributed by atoms with Crippen LogP contribution in [0.15, 0.2) is 24.3 Å².